The van der Waals surface area contributed by atoms with E-state index in [1.165, 1.54) is 0 Å². The van der Waals surface area contributed by atoms with Gasteiger partial charge in [-0.1, -0.05) is 43.7 Å². The van der Waals surface area contributed by atoms with Gasteiger partial charge < -0.3 is 20.1 Å². The Morgan fingerprint density at radius 2 is 1.91 bits per heavy atom. The molecule has 0 heterocycles. The standard InChI is InChI=1S/C17H26N2O4/c1-3-4-10-22-16(20)12-19-11-15(18-2)17(21)23-13-14-8-6-5-7-9-14/h5-9,15,18-19H,3-4,10-13H2,1-2H3. The Kier molecular flexibility index (Phi) is 9.66. The lowest BCUT2D eigenvalue weighted by Crippen LogP contribution is -2.45. The quantitative estimate of drug-likeness (QED) is 0.472. The van der Waals surface area contributed by atoms with E-state index in [1.807, 2.05) is 37.3 Å². The molecule has 1 atom stereocenters. The van der Waals surface area contributed by atoms with Crippen molar-refractivity contribution >= 4 is 11.9 Å². The summed E-state index contributed by atoms with van der Waals surface area (Å²) >= 11 is 0. The van der Waals surface area contributed by atoms with Crippen LogP contribution in [0.1, 0.15) is 25.3 Å². The molecule has 0 amide bonds. The molecule has 0 aliphatic rings. The summed E-state index contributed by atoms with van der Waals surface area (Å²) in [4.78, 5) is 23.4. The molecule has 6 nitrogen and oxygen atoms in total. The number of rotatable bonds is 11. The molecule has 2 N–H and O–H groups in total. The molecular weight excluding hydrogens is 296 g/mol. The first-order valence-electron chi connectivity index (χ1n) is 7.91. The van der Waals surface area contributed by atoms with Crippen molar-refractivity contribution in [3.05, 3.63) is 35.9 Å². The minimum absolute atomic E-state index is 0.0772. The van der Waals surface area contributed by atoms with Gasteiger partial charge in [-0.05, 0) is 19.0 Å². The van der Waals surface area contributed by atoms with E-state index < -0.39 is 6.04 Å². The molecule has 0 aliphatic carbocycles. The molecule has 1 unspecified atom stereocenters. The van der Waals surface area contributed by atoms with E-state index in [0.29, 0.717) is 13.2 Å². The molecule has 0 aromatic heterocycles. The van der Waals surface area contributed by atoms with Gasteiger partial charge in [-0.3, -0.25) is 9.59 Å². The van der Waals surface area contributed by atoms with Gasteiger partial charge in [0, 0.05) is 6.54 Å². The number of hydrogen-bond donors (Lipinski definition) is 2. The van der Waals surface area contributed by atoms with Crippen molar-refractivity contribution in [2.75, 3.05) is 26.7 Å². The number of unbranched alkanes of at least 4 members (excludes halogenated alkanes) is 1. The third-order valence-corrected chi connectivity index (χ3v) is 3.24. The Morgan fingerprint density at radius 3 is 2.57 bits per heavy atom. The zero-order chi connectivity index (χ0) is 16.9. The Balaban J connectivity index is 2.24. The molecule has 128 valence electrons. The summed E-state index contributed by atoms with van der Waals surface area (Å²) in [5.74, 6) is -0.672. The number of esters is 2. The number of carbonyl (C=O) groups is 2. The number of benzene rings is 1. The fraction of sp³-hybridized carbons (Fsp3) is 0.529. The molecule has 0 radical (unpaired) electrons. The predicted octanol–water partition coefficient (Wildman–Crippen LogP) is 1.25. The van der Waals surface area contributed by atoms with E-state index in [2.05, 4.69) is 10.6 Å². The van der Waals surface area contributed by atoms with Gasteiger partial charge in [0.15, 0.2) is 0 Å². The molecule has 0 bridgehead atoms. The third-order valence-electron chi connectivity index (χ3n) is 3.24. The highest BCUT2D eigenvalue weighted by atomic mass is 16.5. The van der Waals surface area contributed by atoms with Crippen molar-refractivity contribution < 1.29 is 19.1 Å². The van der Waals surface area contributed by atoms with Crippen LogP contribution in [0.4, 0.5) is 0 Å². The Labute approximate surface area is 137 Å². The number of likely N-dealkylation sites (N-methyl/N-ethyl adjacent to an activating group) is 1. The van der Waals surface area contributed by atoms with Crippen molar-refractivity contribution in [2.45, 2.75) is 32.4 Å². The van der Waals surface area contributed by atoms with Gasteiger partial charge in [-0.25, -0.2) is 0 Å². The molecule has 6 heteroatoms. The maximum absolute atomic E-state index is 12.0. The first kappa shape index (κ1) is 19.1. The van der Waals surface area contributed by atoms with E-state index >= 15 is 0 Å². The minimum Gasteiger partial charge on any atom is -0.465 e. The number of nitrogens with one attached hydrogen (secondary N) is 2. The van der Waals surface area contributed by atoms with Crippen LogP contribution >= 0.6 is 0 Å². The van der Waals surface area contributed by atoms with Crippen LogP contribution in [0.15, 0.2) is 30.3 Å². The molecule has 1 rings (SSSR count). The average Bonchev–Trinajstić information content (AvgIpc) is 2.58. The van der Waals surface area contributed by atoms with Crippen LogP contribution in [0, 0.1) is 0 Å². The van der Waals surface area contributed by atoms with E-state index in [1.54, 1.807) is 7.05 Å². The second kappa shape index (κ2) is 11.6. The average molecular weight is 322 g/mol. The van der Waals surface area contributed by atoms with Crippen molar-refractivity contribution in [3.63, 3.8) is 0 Å². The maximum Gasteiger partial charge on any atom is 0.324 e. The zero-order valence-electron chi connectivity index (χ0n) is 13.8. The Morgan fingerprint density at radius 1 is 1.17 bits per heavy atom. The van der Waals surface area contributed by atoms with Crippen LogP contribution in [0.2, 0.25) is 0 Å². The van der Waals surface area contributed by atoms with E-state index in [0.717, 1.165) is 18.4 Å². The fourth-order valence-electron chi connectivity index (χ4n) is 1.83. The summed E-state index contributed by atoms with van der Waals surface area (Å²) in [5.41, 5.74) is 0.933. The summed E-state index contributed by atoms with van der Waals surface area (Å²) in [6.45, 7) is 3.08. The van der Waals surface area contributed by atoms with Gasteiger partial charge in [0.05, 0.1) is 13.2 Å². The molecule has 1 aromatic rings. The van der Waals surface area contributed by atoms with Crippen molar-refractivity contribution in [1.82, 2.24) is 10.6 Å². The topological polar surface area (TPSA) is 76.7 Å². The van der Waals surface area contributed by atoms with Gasteiger partial charge in [0.1, 0.15) is 12.6 Å². The summed E-state index contributed by atoms with van der Waals surface area (Å²) in [6.07, 6.45) is 1.84. The van der Waals surface area contributed by atoms with Crippen molar-refractivity contribution in [3.8, 4) is 0 Å². The second-order valence-corrected chi connectivity index (χ2v) is 5.14. The predicted molar refractivity (Wildman–Crippen MR) is 87.8 cm³/mol. The van der Waals surface area contributed by atoms with Gasteiger partial charge >= 0.3 is 11.9 Å². The van der Waals surface area contributed by atoms with Crippen LogP contribution in [0.5, 0.6) is 0 Å². The summed E-state index contributed by atoms with van der Waals surface area (Å²) in [7, 11) is 1.68. The van der Waals surface area contributed by atoms with Crippen LogP contribution in [0.3, 0.4) is 0 Å². The lowest BCUT2D eigenvalue weighted by Gasteiger charge is -2.16. The highest BCUT2D eigenvalue weighted by molar-refractivity contribution is 5.76. The summed E-state index contributed by atoms with van der Waals surface area (Å²) in [5, 5.41) is 5.78. The summed E-state index contributed by atoms with van der Waals surface area (Å²) in [6, 6.07) is 8.97. The largest absolute Gasteiger partial charge is 0.465 e. The van der Waals surface area contributed by atoms with E-state index in [-0.39, 0.29) is 25.1 Å². The van der Waals surface area contributed by atoms with E-state index in [9.17, 15) is 9.59 Å². The molecule has 0 spiro atoms. The normalized spacial score (nSPS) is 11.7. The highest BCUT2D eigenvalue weighted by Gasteiger charge is 2.18. The maximum atomic E-state index is 12.0. The molecular formula is C17H26N2O4. The highest BCUT2D eigenvalue weighted by Crippen LogP contribution is 2.01. The summed E-state index contributed by atoms with van der Waals surface area (Å²) < 4.78 is 10.3. The number of ether oxygens (including phenoxy) is 2. The molecule has 0 aliphatic heterocycles. The first-order chi connectivity index (χ1) is 11.2. The van der Waals surface area contributed by atoms with Crippen LogP contribution in [0.25, 0.3) is 0 Å². The lowest BCUT2D eigenvalue weighted by atomic mass is 10.2. The smallest absolute Gasteiger partial charge is 0.324 e. The monoisotopic (exact) mass is 322 g/mol. The Bertz CT molecular complexity index is 465. The number of carbonyl (C=O) groups excluding carboxylic acids is 2. The SMILES string of the molecule is CCCCOC(=O)CNCC(NC)C(=O)OCc1ccccc1. The second-order valence-electron chi connectivity index (χ2n) is 5.14. The molecule has 0 fully saturated rings. The van der Waals surface area contributed by atoms with E-state index in [4.69, 9.17) is 9.47 Å². The van der Waals surface area contributed by atoms with Crippen molar-refractivity contribution in [2.24, 2.45) is 0 Å². The molecule has 0 saturated heterocycles. The molecule has 0 saturated carbocycles. The fourth-order valence-corrected chi connectivity index (χ4v) is 1.83. The van der Waals surface area contributed by atoms with Gasteiger partial charge in [-0.15, -0.1) is 0 Å². The third kappa shape index (κ3) is 8.32. The molecule has 1 aromatic carbocycles. The number of hydrogen-bond acceptors (Lipinski definition) is 6. The van der Waals surface area contributed by atoms with Crippen molar-refractivity contribution in [1.29, 1.82) is 0 Å². The van der Waals surface area contributed by atoms with Gasteiger partial charge in [-0.2, -0.15) is 0 Å². The van der Waals surface area contributed by atoms with Gasteiger partial charge in [0.2, 0.25) is 0 Å². The lowest BCUT2D eigenvalue weighted by molar-refractivity contribution is -0.148. The van der Waals surface area contributed by atoms with Gasteiger partial charge in [0.25, 0.3) is 0 Å². The minimum atomic E-state index is -0.512. The first-order valence-corrected chi connectivity index (χ1v) is 7.91. The zero-order valence-corrected chi connectivity index (χ0v) is 13.8. The molecule has 23 heavy (non-hydrogen) atoms. The van der Waals surface area contributed by atoms with Crippen LogP contribution in [-0.2, 0) is 25.7 Å². The Hall–Kier alpha value is -1.92. The van der Waals surface area contributed by atoms with Crippen LogP contribution < -0.4 is 10.6 Å². The van der Waals surface area contributed by atoms with Crippen LogP contribution in [-0.4, -0.2) is 44.7 Å².